The van der Waals surface area contributed by atoms with Crippen molar-refractivity contribution >= 4 is 0 Å². The van der Waals surface area contributed by atoms with Crippen molar-refractivity contribution in [1.29, 1.82) is 0 Å². The molecule has 0 atom stereocenters. The number of hydrogen-bond donors (Lipinski definition) is 1. The van der Waals surface area contributed by atoms with Gasteiger partial charge in [-0.05, 0) is 25.9 Å². The maximum atomic E-state index is 3.58. The molecule has 1 fully saturated rings. The summed E-state index contributed by atoms with van der Waals surface area (Å²) in [5.74, 6) is 0. The van der Waals surface area contributed by atoms with E-state index in [1.54, 1.807) is 0 Å². The highest BCUT2D eigenvalue weighted by Gasteiger charge is 1.95. The Morgan fingerprint density at radius 2 is 0.529 bits per heavy atom. The summed E-state index contributed by atoms with van der Waals surface area (Å²) in [6.07, 6.45) is 20.4. The van der Waals surface area contributed by atoms with Gasteiger partial charge in [-0.2, -0.15) is 0 Å². The standard InChI is InChI=1S/C16H33N/c1-2-4-6-8-10-12-14-16-17-15-13-11-9-7-5-3-1/h17H,1-16H2. The molecule has 1 aliphatic rings. The minimum atomic E-state index is 1.25. The molecule has 0 aromatic heterocycles. The summed E-state index contributed by atoms with van der Waals surface area (Å²) in [7, 11) is 0. The molecule has 1 saturated heterocycles. The van der Waals surface area contributed by atoms with Crippen LogP contribution in [-0.2, 0) is 0 Å². The van der Waals surface area contributed by atoms with Crippen LogP contribution in [0.4, 0.5) is 0 Å². The molecule has 1 nitrogen and oxygen atoms in total. The molecule has 0 aromatic carbocycles. The molecule has 0 spiro atoms. The zero-order valence-corrected chi connectivity index (χ0v) is 11.8. The van der Waals surface area contributed by atoms with Gasteiger partial charge in [-0.1, -0.05) is 77.0 Å². The average Bonchev–Trinajstić information content (AvgIpc) is 2.35. The van der Waals surface area contributed by atoms with Crippen molar-refractivity contribution in [2.45, 2.75) is 89.9 Å². The first-order chi connectivity index (χ1) is 8.50. The third-order valence-corrected chi connectivity index (χ3v) is 3.96. The lowest BCUT2D eigenvalue weighted by atomic mass is 10.0. The highest BCUT2D eigenvalue weighted by Crippen LogP contribution is 2.13. The largest absolute Gasteiger partial charge is 0.317 e. The molecule has 0 unspecified atom stereocenters. The minimum absolute atomic E-state index is 1.25. The molecule has 1 heteroatoms. The highest BCUT2D eigenvalue weighted by molar-refractivity contribution is 4.53. The predicted octanol–water partition coefficient (Wildman–Crippen LogP) is 5.05. The van der Waals surface area contributed by atoms with Crippen LogP contribution < -0.4 is 5.32 Å². The molecule has 0 saturated carbocycles. The molecule has 0 aliphatic carbocycles. The zero-order chi connectivity index (χ0) is 12.0. The van der Waals surface area contributed by atoms with E-state index in [9.17, 15) is 0 Å². The molecule has 1 aliphatic heterocycles. The van der Waals surface area contributed by atoms with Gasteiger partial charge in [-0.3, -0.25) is 0 Å². The van der Waals surface area contributed by atoms with Gasteiger partial charge < -0.3 is 5.32 Å². The third kappa shape index (κ3) is 10.8. The van der Waals surface area contributed by atoms with Crippen LogP contribution >= 0.6 is 0 Å². The molecule has 1 rings (SSSR count). The predicted molar refractivity (Wildman–Crippen MR) is 77.5 cm³/mol. The molecule has 1 N–H and O–H groups in total. The van der Waals surface area contributed by atoms with Crippen LogP contribution in [0.2, 0.25) is 0 Å². The van der Waals surface area contributed by atoms with E-state index >= 15 is 0 Å². The highest BCUT2D eigenvalue weighted by atomic mass is 14.8. The van der Waals surface area contributed by atoms with Gasteiger partial charge in [0.2, 0.25) is 0 Å². The van der Waals surface area contributed by atoms with E-state index in [-0.39, 0.29) is 0 Å². The van der Waals surface area contributed by atoms with E-state index in [0.717, 1.165) is 0 Å². The Labute approximate surface area is 109 Å². The van der Waals surface area contributed by atoms with Crippen molar-refractivity contribution in [2.24, 2.45) is 0 Å². The summed E-state index contributed by atoms with van der Waals surface area (Å²) in [4.78, 5) is 0. The van der Waals surface area contributed by atoms with Crippen LogP contribution in [0.5, 0.6) is 0 Å². The molecular formula is C16H33N. The van der Waals surface area contributed by atoms with Crippen LogP contribution in [0.15, 0.2) is 0 Å². The Kier molecular flexibility index (Phi) is 11.0. The Morgan fingerprint density at radius 1 is 0.294 bits per heavy atom. The van der Waals surface area contributed by atoms with Crippen molar-refractivity contribution in [1.82, 2.24) is 5.32 Å². The first-order valence-corrected chi connectivity index (χ1v) is 8.21. The van der Waals surface area contributed by atoms with Gasteiger partial charge in [0.05, 0.1) is 0 Å². The Bertz CT molecular complexity index is 75.0. The smallest absolute Gasteiger partial charge is 0.00489 e. The molecule has 0 radical (unpaired) electrons. The SMILES string of the molecule is C1CCCCCCCCNCCCCCCC1. The van der Waals surface area contributed by atoms with Gasteiger partial charge in [-0.25, -0.2) is 0 Å². The van der Waals surface area contributed by atoms with Gasteiger partial charge in [0.25, 0.3) is 0 Å². The van der Waals surface area contributed by atoms with E-state index < -0.39 is 0 Å². The summed E-state index contributed by atoms with van der Waals surface area (Å²) in [5.41, 5.74) is 0. The fourth-order valence-electron chi connectivity index (χ4n) is 2.75. The van der Waals surface area contributed by atoms with Crippen molar-refractivity contribution in [3.63, 3.8) is 0 Å². The van der Waals surface area contributed by atoms with Gasteiger partial charge in [0.15, 0.2) is 0 Å². The van der Waals surface area contributed by atoms with Gasteiger partial charge >= 0.3 is 0 Å². The summed E-state index contributed by atoms with van der Waals surface area (Å²) in [6.45, 7) is 2.50. The quantitative estimate of drug-likeness (QED) is 0.623. The van der Waals surface area contributed by atoms with E-state index in [4.69, 9.17) is 0 Å². The zero-order valence-electron chi connectivity index (χ0n) is 11.8. The van der Waals surface area contributed by atoms with E-state index in [1.807, 2.05) is 0 Å². The van der Waals surface area contributed by atoms with Crippen molar-refractivity contribution < 1.29 is 0 Å². The second-order valence-corrected chi connectivity index (χ2v) is 5.70. The van der Waals surface area contributed by atoms with E-state index in [1.165, 1.54) is 103 Å². The number of nitrogens with one attached hydrogen (secondary N) is 1. The van der Waals surface area contributed by atoms with Crippen LogP contribution in [0.25, 0.3) is 0 Å². The van der Waals surface area contributed by atoms with Crippen LogP contribution in [0.1, 0.15) is 89.9 Å². The summed E-state index contributed by atoms with van der Waals surface area (Å²) in [5, 5.41) is 3.58. The van der Waals surface area contributed by atoms with E-state index in [2.05, 4.69) is 5.32 Å². The van der Waals surface area contributed by atoms with Crippen LogP contribution in [0, 0.1) is 0 Å². The van der Waals surface area contributed by atoms with Crippen molar-refractivity contribution in [3.8, 4) is 0 Å². The molecule has 0 amide bonds. The fourth-order valence-corrected chi connectivity index (χ4v) is 2.75. The lowest BCUT2D eigenvalue weighted by Crippen LogP contribution is -2.16. The minimum Gasteiger partial charge on any atom is -0.317 e. The second-order valence-electron chi connectivity index (χ2n) is 5.70. The number of rotatable bonds is 0. The first-order valence-electron chi connectivity index (χ1n) is 8.21. The maximum absolute atomic E-state index is 3.58. The fraction of sp³-hybridized carbons (Fsp3) is 1.00. The molecule has 0 bridgehead atoms. The lowest BCUT2D eigenvalue weighted by Gasteiger charge is -2.04. The monoisotopic (exact) mass is 239 g/mol. The Morgan fingerprint density at radius 3 is 0.824 bits per heavy atom. The van der Waals surface area contributed by atoms with Gasteiger partial charge in [0, 0.05) is 0 Å². The molecule has 102 valence electrons. The average molecular weight is 239 g/mol. The Balaban J connectivity index is 2.01. The first kappa shape index (κ1) is 15.0. The normalized spacial score (nSPS) is 24.0. The van der Waals surface area contributed by atoms with E-state index in [0.29, 0.717) is 0 Å². The summed E-state index contributed by atoms with van der Waals surface area (Å²) < 4.78 is 0. The van der Waals surface area contributed by atoms with Crippen molar-refractivity contribution in [2.75, 3.05) is 13.1 Å². The van der Waals surface area contributed by atoms with Crippen LogP contribution in [-0.4, -0.2) is 13.1 Å². The lowest BCUT2D eigenvalue weighted by molar-refractivity contribution is 0.540. The molecule has 0 aromatic rings. The van der Waals surface area contributed by atoms with Crippen molar-refractivity contribution in [3.05, 3.63) is 0 Å². The van der Waals surface area contributed by atoms with Crippen LogP contribution in [0.3, 0.4) is 0 Å². The van der Waals surface area contributed by atoms with Gasteiger partial charge in [-0.15, -0.1) is 0 Å². The summed E-state index contributed by atoms with van der Waals surface area (Å²) in [6, 6.07) is 0. The number of hydrogen-bond acceptors (Lipinski definition) is 1. The molecular weight excluding hydrogens is 206 g/mol. The Hall–Kier alpha value is -0.0400. The van der Waals surface area contributed by atoms with Gasteiger partial charge in [0.1, 0.15) is 0 Å². The maximum Gasteiger partial charge on any atom is -0.00489 e. The summed E-state index contributed by atoms with van der Waals surface area (Å²) >= 11 is 0. The molecule has 17 heavy (non-hydrogen) atoms. The third-order valence-electron chi connectivity index (χ3n) is 3.96. The topological polar surface area (TPSA) is 12.0 Å². The molecule has 1 heterocycles. The second kappa shape index (κ2) is 12.4.